The van der Waals surface area contributed by atoms with Crippen LogP contribution in [0.1, 0.15) is 32.4 Å². The molecule has 7 heteroatoms. The van der Waals surface area contributed by atoms with Crippen LogP contribution in [0, 0.1) is 0 Å². The second kappa shape index (κ2) is 7.75. The number of rotatable bonds is 6. The number of aliphatic hydroxyl groups is 1. The predicted octanol–water partition coefficient (Wildman–Crippen LogP) is 1.63. The molecule has 0 radical (unpaired) electrons. The topological polar surface area (TPSA) is 78.4 Å². The summed E-state index contributed by atoms with van der Waals surface area (Å²) in [5.74, 6) is 0.421. The zero-order valence-corrected chi connectivity index (χ0v) is 13.6. The number of thiophene rings is 1. The van der Waals surface area contributed by atoms with Crippen molar-refractivity contribution in [1.82, 2.24) is 10.6 Å². The summed E-state index contributed by atoms with van der Waals surface area (Å²) in [6, 6.07) is 1.46. The third kappa shape index (κ3) is 6.02. The molecule has 2 amide bonds. The van der Waals surface area contributed by atoms with Gasteiger partial charge in [0.15, 0.2) is 0 Å². The Morgan fingerprint density at radius 3 is 2.70 bits per heavy atom. The minimum absolute atomic E-state index is 0.158. The molecule has 0 spiro atoms. The van der Waals surface area contributed by atoms with Crippen LogP contribution in [0.3, 0.4) is 0 Å². The SMILES string of the molecule is CC(C)(C)S(=O)CCNC(=O)NCC(O)c1ccsc1. The number of carbonyl (C=O) groups excluding carboxylic acids is 1. The minimum atomic E-state index is -0.981. The summed E-state index contributed by atoms with van der Waals surface area (Å²) in [5, 5.41) is 18.7. The van der Waals surface area contributed by atoms with Gasteiger partial charge in [-0.2, -0.15) is 11.3 Å². The molecule has 0 aliphatic heterocycles. The van der Waals surface area contributed by atoms with Crippen LogP contribution < -0.4 is 10.6 Å². The molecule has 2 unspecified atom stereocenters. The molecule has 1 rings (SSSR count). The van der Waals surface area contributed by atoms with E-state index in [-0.39, 0.29) is 17.3 Å². The first kappa shape index (κ1) is 17.1. The second-order valence-corrected chi connectivity index (χ2v) is 8.48. The number of hydrogen-bond donors (Lipinski definition) is 3. The number of hydrogen-bond acceptors (Lipinski definition) is 4. The molecule has 0 aromatic carbocycles. The fourth-order valence-electron chi connectivity index (χ4n) is 1.40. The van der Waals surface area contributed by atoms with Gasteiger partial charge in [0.1, 0.15) is 0 Å². The molecular formula is C13H22N2O3S2. The van der Waals surface area contributed by atoms with Gasteiger partial charge in [-0.3, -0.25) is 4.21 Å². The molecule has 0 bridgehead atoms. The number of urea groups is 1. The molecule has 0 saturated carbocycles. The summed E-state index contributed by atoms with van der Waals surface area (Å²) in [6.45, 7) is 6.22. The smallest absolute Gasteiger partial charge is 0.314 e. The maximum atomic E-state index is 11.8. The van der Waals surface area contributed by atoms with E-state index < -0.39 is 16.9 Å². The Morgan fingerprint density at radius 1 is 1.45 bits per heavy atom. The lowest BCUT2D eigenvalue weighted by Gasteiger charge is -2.18. The van der Waals surface area contributed by atoms with E-state index >= 15 is 0 Å². The Labute approximate surface area is 126 Å². The van der Waals surface area contributed by atoms with Gasteiger partial charge in [0.2, 0.25) is 0 Å². The molecule has 20 heavy (non-hydrogen) atoms. The van der Waals surface area contributed by atoms with Gasteiger partial charge >= 0.3 is 6.03 Å². The first-order chi connectivity index (χ1) is 9.30. The van der Waals surface area contributed by atoms with Crippen LogP contribution in [0.5, 0.6) is 0 Å². The summed E-state index contributed by atoms with van der Waals surface area (Å²) in [5.41, 5.74) is 0.795. The van der Waals surface area contributed by atoms with Gasteiger partial charge < -0.3 is 15.7 Å². The molecule has 5 nitrogen and oxygen atoms in total. The van der Waals surface area contributed by atoms with Crippen molar-refractivity contribution in [1.29, 1.82) is 0 Å². The standard InChI is InChI=1S/C13H22N2O3S2/c1-13(2,3)20(18)7-5-14-12(17)15-8-11(16)10-4-6-19-9-10/h4,6,9,11,16H,5,7-8H2,1-3H3,(H2,14,15,17). The fourth-order valence-corrected chi connectivity index (χ4v) is 3.00. The molecule has 1 heterocycles. The number of carbonyl (C=O) groups is 1. The van der Waals surface area contributed by atoms with Crippen LogP contribution in [-0.2, 0) is 10.8 Å². The predicted molar refractivity (Wildman–Crippen MR) is 83.4 cm³/mol. The largest absolute Gasteiger partial charge is 0.387 e. The Kier molecular flexibility index (Phi) is 6.64. The Morgan fingerprint density at radius 2 is 2.15 bits per heavy atom. The van der Waals surface area contributed by atoms with Crippen molar-refractivity contribution in [2.45, 2.75) is 31.6 Å². The highest BCUT2D eigenvalue weighted by atomic mass is 32.2. The molecule has 1 aromatic heterocycles. The molecule has 0 saturated heterocycles. The van der Waals surface area contributed by atoms with Crippen molar-refractivity contribution in [2.75, 3.05) is 18.8 Å². The lowest BCUT2D eigenvalue weighted by Crippen LogP contribution is -2.40. The Bertz CT molecular complexity index is 441. The average molecular weight is 318 g/mol. The maximum Gasteiger partial charge on any atom is 0.314 e. The van der Waals surface area contributed by atoms with E-state index in [2.05, 4.69) is 10.6 Å². The number of aliphatic hydroxyl groups excluding tert-OH is 1. The lowest BCUT2D eigenvalue weighted by atomic mass is 10.2. The molecule has 0 aliphatic carbocycles. The quantitative estimate of drug-likeness (QED) is 0.746. The van der Waals surface area contributed by atoms with E-state index in [9.17, 15) is 14.1 Å². The normalized spacial score (nSPS) is 14.6. The highest BCUT2D eigenvalue weighted by Gasteiger charge is 2.18. The van der Waals surface area contributed by atoms with Crippen LogP contribution in [0.25, 0.3) is 0 Å². The van der Waals surface area contributed by atoms with Crippen molar-refractivity contribution in [3.8, 4) is 0 Å². The lowest BCUT2D eigenvalue weighted by molar-refractivity contribution is 0.173. The summed E-state index contributed by atoms with van der Waals surface area (Å²) < 4.78 is 11.5. The van der Waals surface area contributed by atoms with Crippen molar-refractivity contribution in [3.05, 3.63) is 22.4 Å². The van der Waals surface area contributed by atoms with E-state index in [1.54, 1.807) is 0 Å². The fraction of sp³-hybridized carbons (Fsp3) is 0.615. The van der Waals surface area contributed by atoms with E-state index in [0.29, 0.717) is 12.3 Å². The van der Waals surface area contributed by atoms with Gasteiger partial charge in [0, 0.05) is 34.4 Å². The maximum absolute atomic E-state index is 11.8. The zero-order chi connectivity index (χ0) is 15.2. The summed E-state index contributed by atoms with van der Waals surface area (Å²) in [6.07, 6.45) is -0.698. The zero-order valence-electron chi connectivity index (χ0n) is 12.0. The van der Waals surface area contributed by atoms with Crippen LogP contribution in [0.15, 0.2) is 16.8 Å². The monoisotopic (exact) mass is 318 g/mol. The van der Waals surface area contributed by atoms with Crippen molar-refractivity contribution < 1.29 is 14.1 Å². The van der Waals surface area contributed by atoms with Gasteiger partial charge in [-0.15, -0.1) is 0 Å². The first-order valence-electron chi connectivity index (χ1n) is 6.41. The summed E-state index contributed by atoms with van der Waals surface area (Å²) in [4.78, 5) is 11.5. The Balaban J connectivity index is 2.20. The van der Waals surface area contributed by atoms with Gasteiger partial charge in [-0.05, 0) is 43.2 Å². The van der Waals surface area contributed by atoms with Crippen LogP contribution in [0.4, 0.5) is 4.79 Å². The van der Waals surface area contributed by atoms with Crippen molar-refractivity contribution >= 4 is 28.2 Å². The third-order valence-electron chi connectivity index (χ3n) is 2.64. The number of nitrogens with one attached hydrogen (secondary N) is 2. The first-order valence-corrected chi connectivity index (χ1v) is 8.67. The van der Waals surface area contributed by atoms with Crippen LogP contribution in [-0.4, -0.2) is 38.9 Å². The highest BCUT2D eigenvalue weighted by Crippen LogP contribution is 2.14. The van der Waals surface area contributed by atoms with E-state index in [0.717, 1.165) is 5.56 Å². The molecule has 2 atom stereocenters. The van der Waals surface area contributed by atoms with E-state index in [4.69, 9.17) is 0 Å². The average Bonchev–Trinajstić information content (AvgIpc) is 2.88. The van der Waals surface area contributed by atoms with E-state index in [1.807, 2.05) is 37.6 Å². The van der Waals surface area contributed by atoms with Gasteiger partial charge in [0.25, 0.3) is 0 Å². The van der Waals surface area contributed by atoms with E-state index in [1.165, 1.54) is 11.3 Å². The molecule has 0 fully saturated rings. The molecular weight excluding hydrogens is 296 g/mol. The van der Waals surface area contributed by atoms with Gasteiger partial charge in [-0.1, -0.05) is 0 Å². The summed E-state index contributed by atoms with van der Waals surface area (Å²) in [7, 11) is -0.981. The Hall–Kier alpha value is -0.920. The second-order valence-electron chi connectivity index (χ2n) is 5.37. The van der Waals surface area contributed by atoms with Crippen LogP contribution >= 0.6 is 11.3 Å². The van der Waals surface area contributed by atoms with Crippen molar-refractivity contribution in [3.63, 3.8) is 0 Å². The molecule has 3 N–H and O–H groups in total. The highest BCUT2D eigenvalue weighted by molar-refractivity contribution is 7.86. The molecule has 0 aliphatic rings. The summed E-state index contributed by atoms with van der Waals surface area (Å²) >= 11 is 1.50. The minimum Gasteiger partial charge on any atom is -0.387 e. The molecule has 114 valence electrons. The number of amides is 2. The van der Waals surface area contributed by atoms with Crippen LogP contribution in [0.2, 0.25) is 0 Å². The van der Waals surface area contributed by atoms with Gasteiger partial charge in [0.05, 0.1) is 6.10 Å². The van der Waals surface area contributed by atoms with Gasteiger partial charge in [-0.25, -0.2) is 4.79 Å². The van der Waals surface area contributed by atoms with Crippen molar-refractivity contribution in [2.24, 2.45) is 0 Å². The third-order valence-corrected chi connectivity index (χ3v) is 5.28. The molecule has 1 aromatic rings.